The molecule has 4 nitrogen and oxygen atoms in total. The van der Waals surface area contributed by atoms with Crippen molar-refractivity contribution in [1.29, 1.82) is 0 Å². The Morgan fingerprint density at radius 1 is 1.07 bits per heavy atom. The predicted molar refractivity (Wildman–Crippen MR) is 114 cm³/mol. The summed E-state index contributed by atoms with van der Waals surface area (Å²) in [7, 11) is 0. The number of ketones is 1. The molecule has 0 saturated carbocycles. The number of nitrogens with zero attached hydrogens (tertiary/aromatic N) is 2. The van der Waals surface area contributed by atoms with Crippen molar-refractivity contribution in [1.82, 2.24) is 4.57 Å². The third kappa shape index (κ3) is 2.75. The first-order chi connectivity index (χ1) is 13.5. The van der Waals surface area contributed by atoms with Gasteiger partial charge in [0.05, 0.1) is 0 Å². The Balaban J connectivity index is 1.81. The molecular weight excluding hydrogens is 348 g/mol. The van der Waals surface area contributed by atoms with E-state index in [1.54, 1.807) is 6.92 Å². The molecule has 144 valence electrons. The van der Waals surface area contributed by atoms with Crippen LogP contribution in [0.1, 0.15) is 58.3 Å². The maximum Gasteiger partial charge on any atom is 0.275 e. The van der Waals surface area contributed by atoms with E-state index in [1.165, 1.54) is 5.56 Å². The number of aromatic nitrogens is 1. The Morgan fingerprint density at radius 3 is 2.54 bits per heavy atom. The third-order valence-corrected chi connectivity index (χ3v) is 5.93. The van der Waals surface area contributed by atoms with E-state index in [4.69, 9.17) is 0 Å². The highest BCUT2D eigenvalue weighted by Crippen LogP contribution is 2.33. The zero-order valence-electron chi connectivity index (χ0n) is 17.0. The van der Waals surface area contributed by atoms with Crippen LogP contribution < -0.4 is 4.90 Å². The minimum absolute atomic E-state index is 0.0444. The molecule has 0 bridgehead atoms. The van der Waals surface area contributed by atoms with Crippen molar-refractivity contribution < 1.29 is 9.59 Å². The molecule has 0 spiro atoms. The molecule has 4 rings (SSSR count). The van der Waals surface area contributed by atoms with Gasteiger partial charge in [0.15, 0.2) is 5.78 Å². The Morgan fingerprint density at radius 2 is 1.86 bits per heavy atom. The van der Waals surface area contributed by atoms with Crippen molar-refractivity contribution in [2.24, 2.45) is 0 Å². The second-order valence-corrected chi connectivity index (χ2v) is 7.53. The second kappa shape index (κ2) is 6.93. The van der Waals surface area contributed by atoms with Crippen molar-refractivity contribution >= 4 is 28.3 Å². The largest absolute Gasteiger partial charge is 0.337 e. The molecule has 0 atom stereocenters. The summed E-state index contributed by atoms with van der Waals surface area (Å²) in [6.45, 7) is 9.27. The van der Waals surface area contributed by atoms with Crippen molar-refractivity contribution in [2.45, 2.75) is 47.1 Å². The zero-order valence-corrected chi connectivity index (χ0v) is 17.0. The monoisotopic (exact) mass is 374 g/mol. The van der Waals surface area contributed by atoms with Gasteiger partial charge >= 0.3 is 0 Å². The van der Waals surface area contributed by atoms with Gasteiger partial charge in [-0.3, -0.25) is 9.59 Å². The predicted octanol–water partition coefficient (Wildman–Crippen LogP) is 4.94. The van der Waals surface area contributed by atoms with E-state index in [-0.39, 0.29) is 11.7 Å². The van der Waals surface area contributed by atoms with Crippen LogP contribution in [0.5, 0.6) is 0 Å². The normalized spacial score (nSPS) is 13.2. The van der Waals surface area contributed by atoms with Gasteiger partial charge in [0, 0.05) is 35.2 Å². The molecule has 1 aliphatic rings. The summed E-state index contributed by atoms with van der Waals surface area (Å²) >= 11 is 0. The number of anilines is 1. The van der Waals surface area contributed by atoms with Crippen LogP contribution in [-0.2, 0) is 19.4 Å². The van der Waals surface area contributed by atoms with Gasteiger partial charge in [-0.1, -0.05) is 13.0 Å². The van der Waals surface area contributed by atoms with Gasteiger partial charge in [0.1, 0.15) is 5.69 Å². The number of benzene rings is 2. The number of carbonyl (C=O) groups is 2. The van der Waals surface area contributed by atoms with Crippen LogP contribution in [0.4, 0.5) is 5.69 Å². The van der Waals surface area contributed by atoms with Gasteiger partial charge in [0.2, 0.25) is 0 Å². The van der Waals surface area contributed by atoms with Gasteiger partial charge < -0.3 is 9.47 Å². The molecule has 0 fully saturated rings. The molecule has 1 aromatic heterocycles. The summed E-state index contributed by atoms with van der Waals surface area (Å²) in [6, 6.07) is 12.2. The van der Waals surface area contributed by atoms with Gasteiger partial charge in [-0.2, -0.15) is 0 Å². The summed E-state index contributed by atoms with van der Waals surface area (Å²) < 4.78 is 2.13. The molecule has 2 heterocycles. The fourth-order valence-corrected chi connectivity index (χ4v) is 4.35. The number of Topliss-reactive ketones (excluding diaryl/α,β-unsaturated/α-hetero) is 1. The Hall–Kier alpha value is -2.88. The van der Waals surface area contributed by atoms with Crippen LogP contribution in [0.15, 0.2) is 36.4 Å². The second-order valence-electron chi connectivity index (χ2n) is 7.53. The molecule has 0 aliphatic carbocycles. The fourth-order valence-electron chi connectivity index (χ4n) is 4.35. The molecule has 28 heavy (non-hydrogen) atoms. The van der Waals surface area contributed by atoms with Crippen LogP contribution in [0.3, 0.4) is 0 Å². The summed E-state index contributed by atoms with van der Waals surface area (Å²) in [5, 5.41) is 1.16. The number of rotatable bonds is 4. The van der Waals surface area contributed by atoms with Crippen molar-refractivity contribution in [3.63, 3.8) is 0 Å². The standard InChI is InChI=1S/C24H26N2O2/c1-5-17-7-9-22-20(13-17)15(3)23(25(22)6-2)24(28)26-12-11-19-14-18(16(4)27)8-10-21(19)26/h7-10,13-14H,5-6,11-12H2,1-4H3. The van der Waals surface area contributed by atoms with E-state index in [9.17, 15) is 9.59 Å². The Kier molecular flexibility index (Phi) is 4.58. The molecule has 1 amide bonds. The van der Waals surface area contributed by atoms with Crippen LogP contribution in [0.2, 0.25) is 0 Å². The lowest BCUT2D eigenvalue weighted by atomic mass is 10.1. The summed E-state index contributed by atoms with van der Waals surface area (Å²) in [4.78, 5) is 27.1. The average Bonchev–Trinajstić information content (AvgIpc) is 3.25. The quantitative estimate of drug-likeness (QED) is 0.607. The highest BCUT2D eigenvalue weighted by atomic mass is 16.2. The highest BCUT2D eigenvalue weighted by Gasteiger charge is 2.30. The van der Waals surface area contributed by atoms with E-state index in [0.717, 1.165) is 52.8 Å². The molecule has 3 aromatic rings. The van der Waals surface area contributed by atoms with E-state index in [0.29, 0.717) is 12.1 Å². The lowest BCUT2D eigenvalue weighted by molar-refractivity contribution is 0.0979. The molecule has 0 N–H and O–H groups in total. The molecule has 2 aromatic carbocycles. The van der Waals surface area contributed by atoms with Gasteiger partial charge in [-0.05, 0) is 80.6 Å². The third-order valence-electron chi connectivity index (χ3n) is 5.93. The number of amides is 1. The maximum absolute atomic E-state index is 13.6. The first-order valence-electron chi connectivity index (χ1n) is 10.0. The van der Waals surface area contributed by atoms with Gasteiger partial charge in [-0.15, -0.1) is 0 Å². The van der Waals surface area contributed by atoms with Gasteiger partial charge in [-0.25, -0.2) is 0 Å². The number of hydrogen-bond acceptors (Lipinski definition) is 2. The molecule has 0 saturated heterocycles. The number of fused-ring (bicyclic) bond motifs is 2. The first-order valence-corrected chi connectivity index (χ1v) is 10.0. The van der Waals surface area contributed by atoms with Crippen LogP contribution in [-0.4, -0.2) is 22.8 Å². The molecule has 1 aliphatic heterocycles. The highest BCUT2D eigenvalue weighted by molar-refractivity contribution is 6.11. The summed E-state index contributed by atoms with van der Waals surface area (Å²) in [5.41, 5.74) is 6.93. The van der Waals surface area contributed by atoms with Gasteiger partial charge in [0.25, 0.3) is 5.91 Å². The lowest BCUT2D eigenvalue weighted by Gasteiger charge is -2.19. The van der Waals surface area contributed by atoms with Crippen LogP contribution in [0.25, 0.3) is 10.9 Å². The van der Waals surface area contributed by atoms with Crippen molar-refractivity contribution in [3.05, 3.63) is 64.3 Å². The summed E-state index contributed by atoms with van der Waals surface area (Å²) in [5.74, 6) is 0.101. The number of hydrogen-bond donors (Lipinski definition) is 0. The number of carbonyl (C=O) groups excluding carboxylic acids is 2. The average molecular weight is 374 g/mol. The van der Waals surface area contributed by atoms with Crippen molar-refractivity contribution in [2.75, 3.05) is 11.4 Å². The molecular formula is C24H26N2O2. The zero-order chi connectivity index (χ0) is 20.0. The maximum atomic E-state index is 13.6. The summed E-state index contributed by atoms with van der Waals surface area (Å²) in [6.07, 6.45) is 1.77. The van der Waals surface area contributed by atoms with E-state index in [1.807, 2.05) is 23.1 Å². The topological polar surface area (TPSA) is 42.3 Å². The smallest absolute Gasteiger partial charge is 0.275 e. The lowest BCUT2D eigenvalue weighted by Crippen LogP contribution is -2.31. The minimum atomic E-state index is 0.0444. The van der Waals surface area contributed by atoms with E-state index >= 15 is 0 Å². The van der Waals surface area contributed by atoms with Crippen LogP contribution in [0, 0.1) is 6.92 Å². The molecule has 4 heteroatoms. The minimum Gasteiger partial charge on any atom is -0.337 e. The van der Waals surface area contributed by atoms with Crippen molar-refractivity contribution in [3.8, 4) is 0 Å². The molecule has 0 radical (unpaired) electrons. The Labute approximate surface area is 165 Å². The van der Waals surface area contributed by atoms with Crippen LogP contribution >= 0.6 is 0 Å². The Bertz CT molecular complexity index is 1110. The first kappa shape index (κ1) is 18.5. The SMILES string of the molecule is CCc1ccc2c(c1)c(C)c(C(=O)N1CCc3cc(C(C)=O)ccc31)n2CC. The fraction of sp³-hybridized carbons (Fsp3) is 0.333. The van der Waals surface area contributed by atoms with E-state index in [2.05, 4.69) is 43.5 Å². The number of aryl methyl sites for hydroxylation is 3. The van der Waals surface area contributed by atoms with E-state index < -0.39 is 0 Å². The molecule has 0 unspecified atom stereocenters.